The minimum atomic E-state index is -4.21. The SMILES string of the molecule is O=C(N(O)Cl)C1(S(=O)(=O)N2CCN(c3ccc(CCC(F)(F)F)cc3)CC2)CCOCC1. The first-order valence-corrected chi connectivity index (χ1v) is 11.9. The summed E-state index contributed by atoms with van der Waals surface area (Å²) in [6.45, 7) is 1.01. The Labute approximate surface area is 189 Å². The molecule has 13 heteroatoms. The highest BCUT2D eigenvalue weighted by atomic mass is 35.5. The van der Waals surface area contributed by atoms with Crippen LogP contribution in [-0.2, 0) is 26.0 Å². The number of hydrogen-bond donors (Lipinski definition) is 1. The van der Waals surface area contributed by atoms with Crippen molar-refractivity contribution >= 4 is 33.4 Å². The van der Waals surface area contributed by atoms with Gasteiger partial charge in [-0.25, -0.2) is 8.42 Å². The average molecular weight is 500 g/mol. The fourth-order valence-corrected chi connectivity index (χ4v) is 6.38. The molecular weight excluding hydrogens is 475 g/mol. The highest BCUT2D eigenvalue weighted by Gasteiger charge is 2.56. The van der Waals surface area contributed by atoms with Crippen molar-refractivity contribution in [3.05, 3.63) is 29.8 Å². The van der Waals surface area contributed by atoms with E-state index >= 15 is 0 Å². The van der Waals surface area contributed by atoms with E-state index in [-0.39, 0.29) is 50.1 Å². The number of amides is 1. The minimum absolute atomic E-state index is 0.0519. The van der Waals surface area contributed by atoms with Crippen LogP contribution in [0.15, 0.2) is 24.3 Å². The second-order valence-corrected chi connectivity index (χ2v) is 10.4. The van der Waals surface area contributed by atoms with E-state index in [1.807, 2.05) is 4.90 Å². The zero-order valence-electron chi connectivity index (χ0n) is 17.2. The van der Waals surface area contributed by atoms with Crippen LogP contribution >= 0.6 is 11.8 Å². The molecule has 0 aromatic heterocycles. The van der Waals surface area contributed by atoms with Crippen LogP contribution < -0.4 is 4.90 Å². The summed E-state index contributed by atoms with van der Waals surface area (Å²) in [5.41, 5.74) is 1.35. The van der Waals surface area contributed by atoms with Crippen molar-refractivity contribution in [1.29, 1.82) is 0 Å². The lowest BCUT2D eigenvalue weighted by Gasteiger charge is -2.42. The lowest BCUT2D eigenvalue weighted by molar-refractivity contribution is -0.152. The number of alkyl halides is 3. The number of ether oxygens (including phenoxy) is 1. The monoisotopic (exact) mass is 499 g/mol. The Kier molecular flexibility index (Phi) is 7.60. The van der Waals surface area contributed by atoms with Crippen LogP contribution in [0.4, 0.5) is 18.9 Å². The molecule has 0 unspecified atom stereocenters. The van der Waals surface area contributed by atoms with E-state index in [0.29, 0.717) is 18.7 Å². The number of sulfonamides is 1. The van der Waals surface area contributed by atoms with Gasteiger partial charge >= 0.3 is 6.18 Å². The number of benzene rings is 1. The van der Waals surface area contributed by atoms with Gasteiger partial charge in [-0.1, -0.05) is 12.1 Å². The third-order valence-electron chi connectivity index (χ3n) is 5.93. The largest absolute Gasteiger partial charge is 0.389 e. The Bertz CT molecular complexity index is 898. The van der Waals surface area contributed by atoms with Crippen LogP contribution in [0.2, 0.25) is 0 Å². The summed E-state index contributed by atoms with van der Waals surface area (Å²) >= 11 is 5.40. The molecule has 180 valence electrons. The first kappa shape index (κ1) is 25.0. The van der Waals surface area contributed by atoms with Gasteiger partial charge in [-0.3, -0.25) is 10.0 Å². The molecule has 2 fully saturated rings. The number of carbonyl (C=O) groups excluding carboxylic acids is 1. The number of piperazine rings is 1. The number of halogens is 4. The number of hydroxylamine groups is 1. The molecule has 2 aliphatic rings. The maximum absolute atomic E-state index is 13.4. The molecule has 2 aliphatic heterocycles. The summed E-state index contributed by atoms with van der Waals surface area (Å²) in [6.07, 6.45) is -5.42. The Balaban J connectivity index is 1.67. The molecule has 0 spiro atoms. The van der Waals surface area contributed by atoms with Crippen molar-refractivity contribution in [2.24, 2.45) is 0 Å². The second kappa shape index (κ2) is 9.72. The number of rotatable bonds is 6. The molecule has 0 atom stereocenters. The summed E-state index contributed by atoms with van der Waals surface area (Å²) in [4.78, 5) is 14.5. The smallest absolute Gasteiger partial charge is 0.381 e. The van der Waals surface area contributed by atoms with E-state index in [1.165, 1.54) is 4.31 Å². The normalized spacial score (nSPS) is 20.2. The first-order chi connectivity index (χ1) is 15.0. The Morgan fingerprint density at radius 1 is 1.12 bits per heavy atom. The molecule has 1 aromatic carbocycles. The van der Waals surface area contributed by atoms with Gasteiger partial charge in [-0.15, -0.1) is 4.58 Å². The van der Waals surface area contributed by atoms with Crippen molar-refractivity contribution in [2.45, 2.75) is 36.6 Å². The highest BCUT2D eigenvalue weighted by molar-refractivity contribution is 7.91. The Morgan fingerprint density at radius 2 is 1.69 bits per heavy atom. The molecule has 0 saturated carbocycles. The predicted octanol–water partition coefficient (Wildman–Crippen LogP) is 2.55. The molecule has 1 amide bonds. The summed E-state index contributed by atoms with van der Waals surface area (Å²) in [6, 6.07) is 6.71. The summed E-state index contributed by atoms with van der Waals surface area (Å²) in [5, 5.41) is 9.45. The maximum atomic E-state index is 13.4. The molecule has 1 aromatic rings. The van der Waals surface area contributed by atoms with Gasteiger partial charge in [0.15, 0.2) is 4.75 Å². The van der Waals surface area contributed by atoms with Crippen molar-refractivity contribution in [1.82, 2.24) is 8.89 Å². The van der Waals surface area contributed by atoms with E-state index in [0.717, 1.165) is 5.69 Å². The number of nitrogens with zero attached hydrogens (tertiary/aromatic N) is 3. The number of hydrogen-bond acceptors (Lipinski definition) is 6. The van der Waals surface area contributed by atoms with E-state index in [1.54, 1.807) is 24.3 Å². The molecule has 0 bridgehead atoms. The van der Waals surface area contributed by atoms with Crippen LogP contribution in [0.5, 0.6) is 0 Å². The molecule has 1 N–H and O–H groups in total. The number of aryl methyl sites for hydroxylation is 1. The highest BCUT2D eigenvalue weighted by Crippen LogP contribution is 2.35. The van der Waals surface area contributed by atoms with Gasteiger partial charge < -0.3 is 9.64 Å². The van der Waals surface area contributed by atoms with Crippen LogP contribution in [0, 0.1) is 0 Å². The molecule has 2 saturated heterocycles. The number of carbonyl (C=O) groups is 1. The lowest BCUT2D eigenvalue weighted by atomic mass is 9.98. The summed E-state index contributed by atoms with van der Waals surface area (Å²) < 4.78 is 68.3. The Morgan fingerprint density at radius 3 is 2.19 bits per heavy atom. The van der Waals surface area contributed by atoms with E-state index in [4.69, 9.17) is 16.5 Å². The standard InChI is InChI=1S/C19H25ClF3N3O5S/c20-26(28)17(27)18(7-13-31-14-8-18)32(29,30)25-11-9-24(10-12-25)16-3-1-15(2-4-16)5-6-19(21,22)23/h1-4,28H,5-14H2. The van der Waals surface area contributed by atoms with Crippen LogP contribution in [0.1, 0.15) is 24.8 Å². The summed E-state index contributed by atoms with van der Waals surface area (Å²) in [7, 11) is -4.14. The zero-order chi connectivity index (χ0) is 23.6. The van der Waals surface area contributed by atoms with Gasteiger partial charge in [0, 0.05) is 76.1 Å². The molecular formula is C19H25ClF3N3O5S. The quantitative estimate of drug-likeness (QED) is 0.367. The Hall–Kier alpha value is -1.60. The van der Waals surface area contributed by atoms with Crippen molar-refractivity contribution in [2.75, 3.05) is 44.3 Å². The average Bonchev–Trinajstić information content (AvgIpc) is 2.77. The number of anilines is 1. The van der Waals surface area contributed by atoms with Crippen LogP contribution in [-0.4, -0.2) is 78.7 Å². The molecule has 8 nitrogen and oxygen atoms in total. The molecule has 0 aliphatic carbocycles. The summed E-state index contributed by atoms with van der Waals surface area (Å²) in [5.74, 6) is -1.10. The first-order valence-electron chi connectivity index (χ1n) is 10.1. The second-order valence-electron chi connectivity index (χ2n) is 7.84. The predicted molar refractivity (Wildman–Crippen MR) is 111 cm³/mol. The van der Waals surface area contributed by atoms with Crippen molar-refractivity contribution in [3.63, 3.8) is 0 Å². The third kappa shape index (κ3) is 5.30. The minimum Gasteiger partial charge on any atom is -0.381 e. The fraction of sp³-hybridized carbons (Fsp3) is 0.632. The molecule has 3 rings (SSSR count). The topological polar surface area (TPSA) is 90.4 Å². The van der Waals surface area contributed by atoms with E-state index in [2.05, 4.69) is 0 Å². The van der Waals surface area contributed by atoms with Gasteiger partial charge in [0.25, 0.3) is 5.91 Å². The van der Waals surface area contributed by atoms with Gasteiger partial charge in [0.05, 0.1) is 0 Å². The van der Waals surface area contributed by atoms with Crippen molar-refractivity contribution in [3.8, 4) is 0 Å². The van der Waals surface area contributed by atoms with Gasteiger partial charge in [-0.2, -0.15) is 17.5 Å². The lowest BCUT2D eigenvalue weighted by Crippen LogP contribution is -2.61. The van der Waals surface area contributed by atoms with Gasteiger partial charge in [0.2, 0.25) is 10.0 Å². The van der Waals surface area contributed by atoms with Gasteiger partial charge in [0.1, 0.15) is 0 Å². The van der Waals surface area contributed by atoms with Gasteiger partial charge in [-0.05, 0) is 24.1 Å². The molecule has 32 heavy (non-hydrogen) atoms. The zero-order valence-corrected chi connectivity index (χ0v) is 18.8. The third-order valence-corrected chi connectivity index (χ3v) is 8.70. The maximum Gasteiger partial charge on any atom is 0.389 e. The fourth-order valence-electron chi connectivity index (χ4n) is 4.04. The molecule has 0 radical (unpaired) electrons. The van der Waals surface area contributed by atoms with E-state index in [9.17, 15) is 31.6 Å². The van der Waals surface area contributed by atoms with Crippen LogP contribution in [0.25, 0.3) is 0 Å². The molecule has 2 heterocycles. The van der Waals surface area contributed by atoms with E-state index < -0.39 is 33.3 Å². The van der Waals surface area contributed by atoms with Crippen LogP contribution in [0.3, 0.4) is 0 Å². The van der Waals surface area contributed by atoms with Crippen molar-refractivity contribution < 1.29 is 36.3 Å².